The SMILES string of the molecule is CCOc1ccc(C(=O)NC2CCCNC2C)cc1. The van der Waals surface area contributed by atoms with E-state index in [4.69, 9.17) is 4.74 Å². The number of ether oxygens (including phenoxy) is 1. The summed E-state index contributed by atoms with van der Waals surface area (Å²) in [6, 6.07) is 7.83. The van der Waals surface area contributed by atoms with Crippen LogP contribution in [0.3, 0.4) is 0 Å². The average Bonchev–Trinajstić information content (AvgIpc) is 2.42. The Labute approximate surface area is 114 Å². The summed E-state index contributed by atoms with van der Waals surface area (Å²) in [6.07, 6.45) is 2.15. The molecule has 0 spiro atoms. The summed E-state index contributed by atoms with van der Waals surface area (Å²) in [5.74, 6) is 0.787. The molecule has 1 aliphatic heterocycles. The first-order valence-electron chi connectivity index (χ1n) is 6.98. The van der Waals surface area contributed by atoms with Gasteiger partial charge in [0.1, 0.15) is 5.75 Å². The molecule has 0 aromatic heterocycles. The van der Waals surface area contributed by atoms with Crippen LogP contribution in [0, 0.1) is 0 Å². The number of carbonyl (C=O) groups excluding carboxylic acids is 1. The quantitative estimate of drug-likeness (QED) is 0.872. The Kier molecular flexibility index (Phi) is 4.80. The highest BCUT2D eigenvalue weighted by atomic mass is 16.5. The highest BCUT2D eigenvalue weighted by Gasteiger charge is 2.22. The molecule has 2 unspecified atom stereocenters. The number of hydrogen-bond donors (Lipinski definition) is 2. The molecule has 2 N–H and O–H groups in total. The molecular formula is C15H22N2O2. The van der Waals surface area contributed by atoms with Crippen molar-refractivity contribution < 1.29 is 9.53 Å². The fourth-order valence-electron chi connectivity index (χ4n) is 2.36. The highest BCUT2D eigenvalue weighted by molar-refractivity contribution is 5.94. The lowest BCUT2D eigenvalue weighted by Crippen LogP contribution is -2.51. The summed E-state index contributed by atoms with van der Waals surface area (Å²) in [7, 11) is 0. The monoisotopic (exact) mass is 262 g/mol. The number of rotatable bonds is 4. The normalized spacial score (nSPS) is 22.8. The van der Waals surface area contributed by atoms with Crippen LogP contribution in [0.1, 0.15) is 37.0 Å². The third kappa shape index (κ3) is 3.70. The van der Waals surface area contributed by atoms with Crippen LogP contribution in [0.2, 0.25) is 0 Å². The Morgan fingerprint density at radius 3 is 2.79 bits per heavy atom. The average molecular weight is 262 g/mol. The molecule has 2 atom stereocenters. The van der Waals surface area contributed by atoms with Gasteiger partial charge in [-0.3, -0.25) is 4.79 Å². The second-order valence-corrected chi connectivity index (χ2v) is 4.92. The van der Waals surface area contributed by atoms with Crippen LogP contribution in [0.15, 0.2) is 24.3 Å². The van der Waals surface area contributed by atoms with Gasteiger partial charge in [0.05, 0.1) is 6.61 Å². The van der Waals surface area contributed by atoms with E-state index in [1.807, 2.05) is 19.1 Å². The van der Waals surface area contributed by atoms with Gasteiger partial charge in [0, 0.05) is 17.6 Å². The molecule has 0 radical (unpaired) electrons. The van der Waals surface area contributed by atoms with Crippen LogP contribution in [0.5, 0.6) is 5.75 Å². The van der Waals surface area contributed by atoms with Crippen molar-refractivity contribution in [1.82, 2.24) is 10.6 Å². The third-order valence-electron chi connectivity index (χ3n) is 3.51. The molecule has 1 aliphatic rings. The molecule has 2 rings (SSSR count). The van der Waals surface area contributed by atoms with Crippen LogP contribution in [0.4, 0.5) is 0 Å². The van der Waals surface area contributed by atoms with Crippen LogP contribution in [0.25, 0.3) is 0 Å². The molecule has 1 saturated heterocycles. The molecule has 0 saturated carbocycles. The maximum absolute atomic E-state index is 12.1. The Hall–Kier alpha value is -1.55. The Morgan fingerprint density at radius 2 is 2.16 bits per heavy atom. The van der Waals surface area contributed by atoms with Gasteiger partial charge < -0.3 is 15.4 Å². The lowest BCUT2D eigenvalue weighted by Gasteiger charge is -2.30. The molecule has 1 aromatic carbocycles. The maximum Gasteiger partial charge on any atom is 0.251 e. The molecule has 4 heteroatoms. The Bertz CT molecular complexity index is 417. The van der Waals surface area contributed by atoms with E-state index in [1.165, 1.54) is 0 Å². The third-order valence-corrected chi connectivity index (χ3v) is 3.51. The zero-order chi connectivity index (χ0) is 13.7. The van der Waals surface area contributed by atoms with Crippen molar-refractivity contribution in [3.63, 3.8) is 0 Å². The van der Waals surface area contributed by atoms with Crippen molar-refractivity contribution in [1.29, 1.82) is 0 Å². The number of benzene rings is 1. The molecule has 0 aliphatic carbocycles. The predicted molar refractivity (Wildman–Crippen MR) is 75.6 cm³/mol. The minimum absolute atomic E-state index is 0.0106. The fraction of sp³-hybridized carbons (Fsp3) is 0.533. The minimum Gasteiger partial charge on any atom is -0.494 e. The fourth-order valence-corrected chi connectivity index (χ4v) is 2.36. The Balaban J connectivity index is 1.95. The van der Waals surface area contributed by atoms with E-state index in [-0.39, 0.29) is 11.9 Å². The van der Waals surface area contributed by atoms with E-state index >= 15 is 0 Å². The van der Waals surface area contributed by atoms with Crippen molar-refractivity contribution in [3.8, 4) is 5.75 Å². The standard InChI is InChI=1S/C15H22N2O2/c1-3-19-13-8-6-12(7-9-13)15(18)17-14-5-4-10-16-11(14)2/h6-9,11,14,16H,3-5,10H2,1-2H3,(H,17,18). The van der Waals surface area contributed by atoms with Gasteiger partial charge in [-0.25, -0.2) is 0 Å². The molecule has 1 amide bonds. The van der Waals surface area contributed by atoms with Gasteiger partial charge >= 0.3 is 0 Å². The minimum atomic E-state index is -0.0106. The van der Waals surface area contributed by atoms with E-state index in [9.17, 15) is 4.79 Å². The van der Waals surface area contributed by atoms with Crippen molar-refractivity contribution in [2.24, 2.45) is 0 Å². The topological polar surface area (TPSA) is 50.4 Å². The predicted octanol–water partition coefficient (Wildman–Crippen LogP) is 1.96. The first kappa shape index (κ1) is 13.9. The van der Waals surface area contributed by atoms with Crippen molar-refractivity contribution >= 4 is 5.91 Å². The second-order valence-electron chi connectivity index (χ2n) is 4.92. The molecule has 104 valence electrons. The number of nitrogens with one attached hydrogen (secondary N) is 2. The largest absolute Gasteiger partial charge is 0.494 e. The van der Waals surface area contributed by atoms with Gasteiger partial charge in [0.25, 0.3) is 5.91 Å². The van der Waals surface area contributed by atoms with E-state index < -0.39 is 0 Å². The lowest BCUT2D eigenvalue weighted by molar-refractivity contribution is 0.0920. The molecule has 19 heavy (non-hydrogen) atoms. The Morgan fingerprint density at radius 1 is 1.42 bits per heavy atom. The van der Waals surface area contributed by atoms with Gasteiger partial charge in [-0.1, -0.05) is 0 Å². The summed E-state index contributed by atoms with van der Waals surface area (Å²) in [5, 5.41) is 6.47. The summed E-state index contributed by atoms with van der Waals surface area (Å²) in [4.78, 5) is 12.1. The number of piperidine rings is 1. The van der Waals surface area contributed by atoms with Gasteiger partial charge in [-0.15, -0.1) is 0 Å². The van der Waals surface area contributed by atoms with Gasteiger partial charge in [-0.2, -0.15) is 0 Å². The number of amides is 1. The first-order valence-corrected chi connectivity index (χ1v) is 6.98. The second kappa shape index (κ2) is 6.57. The highest BCUT2D eigenvalue weighted by Crippen LogP contribution is 2.13. The van der Waals surface area contributed by atoms with Crippen molar-refractivity contribution in [3.05, 3.63) is 29.8 Å². The smallest absolute Gasteiger partial charge is 0.251 e. The van der Waals surface area contributed by atoms with E-state index in [0.29, 0.717) is 18.2 Å². The maximum atomic E-state index is 12.1. The summed E-state index contributed by atoms with van der Waals surface area (Å²) in [6.45, 7) is 5.73. The molecule has 1 heterocycles. The van der Waals surface area contributed by atoms with Crippen LogP contribution < -0.4 is 15.4 Å². The molecule has 1 aromatic rings. The zero-order valence-corrected chi connectivity index (χ0v) is 11.6. The van der Waals surface area contributed by atoms with E-state index in [2.05, 4.69) is 17.6 Å². The molecule has 0 bridgehead atoms. The molecule has 1 fully saturated rings. The number of carbonyl (C=O) groups is 1. The summed E-state index contributed by atoms with van der Waals surface area (Å²) in [5.41, 5.74) is 0.682. The van der Waals surface area contributed by atoms with Crippen LogP contribution in [-0.2, 0) is 0 Å². The summed E-state index contributed by atoms with van der Waals surface area (Å²) >= 11 is 0. The zero-order valence-electron chi connectivity index (χ0n) is 11.6. The first-order chi connectivity index (χ1) is 9.20. The van der Waals surface area contributed by atoms with E-state index in [1.54, 1.807) is 12.1 Å². The number of hydrogen-bond acceptors (Lipinski definition) is 3. The van der Waals surface area contributed by atoms with Gasteiger partial charge in [0.15, 0.2) is 0 Å². The molecule has 4 nitrogen and oxygen atoms in total. The van der Waals surface area contributed by atoms with Crippen molar-refractivity contribution in [2.45, 2.75) is 38.8 Å². The van der Waals surface area contributed by atoms with Crippen LogP contribution in [-0.4, -0.2) is 31.1 Å². The molecular weight excluding hydrogens is 240 g/mol. The summed E-state index contributed by atoms with van der Waals surface area (Å²) < 4.78 is 5.37. The van der Waals surface area contributed by atoms with Crippen LogP contribution >= 0.6 is 0 Å². The van der Waals surface area contributed by atoms with Crippen molar-refractivity contribution in [2.75, 3.05) is 13.2 Å². The van der Waals surface area contributed by atoms with E-state index in [0.717, 1.165) is 25.1 Å². The lowest BCUT2D eigenvalue weighted by atomic mass is 9.99. The van der Waals surface area contributed by atoms with Gasteiger partial charge in [0.2, 0.25) is 0 Å². The van der Waals surface area contributed by atoms with Gasteiger partial charge in [-0.05, 0) is 57.5 Å².